The molecule has 1 N–H and O–H groups in total. The molecule has 0 saturated carbocycles. The maximum absolute atomic E-state index is 12.3. The van der Waals surface area contributed by atoms with Crippen LogP contribution in [-0.4, -0.2) is 59.3 Å². The molecule has 6 nitrogen and oxygen atoms in total. The number of nitrogens with zero attached hydrogens (tertiary/aromatic N) is 1. The highest BCUT2D eigenvalue weighted by atomic mass is 35.5. The highest BCUT2D eigenvalue weighted by Crippen LogP contribution is 2.38. The molecule has 1 amide bonds. The van der Waals surface area contributed by atoms with Crippen LogP contribution in [0.4, 0.5) is 0 Å². The van der Waals surface area contributed by atoms with Crippen LogP contribution in [-0.2, 0) is 0 Å². The molecule has 0 bridgehead atoms. The molecule has 0 radical (unpaired) electrons. The molecular formula is C14H23ClN2O4. The molecule has 21 heavy (non-hydrogen) atoms. The lowest BCUT2D eigenvalue weighted by molar-refractivity contribution is 0.0796. The van der Waals surface area contributed by atoms with Crippen molar-refractivity contribution < 1.29 is 19.0 Å². The van der Waals surface area contributed by atoms with E-state index in [1.807, 2.05) is 7.05 Å². The van der Waals surface area contributed by atoms with Gasteiger partial charge >= 0.3 is 0 Å². The molecule has 0 unspecified atom stereocenters. The normalized spacial score (nSPS) is 9.57. The van der Waals surface area contributed by atoms with Crippen molar-refractivity contribution in [2.24, 2.45) is 0 Å². The van der Waals surface area contributed by atoms with E-state index in [9.17, 15) is 4.79 Å². The van der Waals surface area contributed by atoms with E-state index >= 15 is 0 Å². The van der Waals surface area contributed by atoms with E-state index in [0.29, 0.717) is 29.4 Å². The smallest absolute Gasteiger partial charge is 0.253 e. The number of likely N-dealkylation sites (N-methyl/N-ethyl adjacent to an activating group) is 2. The molecule has 0 aliphatic rings. The highest BCUT2D eigenvalue weighted by Gasteiger charge is 2.18. The van der Waals surface area contributed by atoms with Gasteiger partial charge in [0.1, 0.15) is 0 Å². The Morgan fingerprint density at radius 2 is 1.67 bits per heavy atom. The zero-order valence-corrected chi connectivity index (χ0v) is 13.9. The Morgan fingerprint density at radius 1 is 1.14 bits per heavy atom. The van der Waals surface area contributed by atoms with Crippen molar-refractivity contribution in [3.8, 4) is 17.2 Å². The van der Waals surface area contributed by atoms with Crippen LogP contribution >= 0.6 is 12.4 Å². The summed E-state index contributed by atoms with van der Waals surface area (Å²) in [4.78, 5) is 14.0. The van der Waals surface area contributed by atoms with Crippen molar-refractivity contribution in [3.63, 3.8) is 0 Å². The Kier molecular flexibility index (Phi) is 8.57. The zero-order chi connectivity index (χ0) is 15.1. The van der Waals surface area contributed by atoms with E-state index < -0.39 is 0 Å². The van der Waals surface area contributed by atoms with Gasteiger partial charge in [0.2, 0.25) is 5.75 Å². The molecule has 7 heteroatoms. The fourth-order valence-corrected chi connectivity index (χ4v) is 1.81. The lowest BCUT2D eigenvalue weighted by Gasteiger charge is -2.19. The van der Waals surface area contributed by atoms with Gasteiger partial charge in [-0.2, -0.15) is 0 Å². The van der Waals surface area contributed by atoms with Crippen molar-refractivity contribution in [1.29, 1.82) is 0 Å². The first kappa shape index (κ1) is 19.3. The van der Waals surface area contributed by atoms with Gasteiger partial charge < -0.3 is 24.4 Å². The summed E-state index contributed by atoms with van der Waals surface area (Å²) in [5, 5.41) is 3.01. The number of hydrogen-bond acceptors (Lipinski definition) is 5. The predicted molar refractivity (Wildman–Crippen MR) is 84.2 cm³/mol. The summed E-state index contributed by atoms with van der Waals surface area (Å²) in [5.41, 5.74) is 0.498. The number of carbonyl (C=O) groups excluding carboxylic acids is 1. The van der Waals surface area contributed by atoms with Gasteiger partial charge in [-0.3, -0.25) is 4.79 Å². The van der Waals surface area contributed by atoms with E-state index in [1.165, 1.54) is 21.3 Å². The molecule has 1 aromatic carbocycles. The van der Waals surface area contributed by atoms with Crippen molar-refractivity contribution in [2.75, 3.05) is 48.5 Å². The van der Waals surface area contributed by atoms with Gasteiger partial charge in [-0.1, -0.05) is 0 Å². The number of ether oxygens (including phenoxy) is 3. The number of carbonyl (C=O) groups is 1. The second-order valence-corrected chi connectivity index (χ2v) is 4.24. The van der Waals surface area contributed by atoms with Gasteiger partial charge in [0, 0.05) is 25.7 Å². The molecule has 0 atom stereocenters. The Morgan fingerprint density at radius 3 is 2.05 bits per heavy atom. The van der Waals surface area contributed by atoms with E-state index in [4.69, 9.17) is 14.2 Å². The molecule has 1 aromatic rings. The molecule has 1 rings (SSSR count). The summed E-state index contributed by atoms with van der Waals surface area (Å²) in [6.45, 7) is 1.35. The van der Waals surface area contributed by atoms with E-state index in [1.54, 1.807) is 24.1 Å². The van der Waals surface area contributed by atoms with Gasteiger partial charge in [-0.25, -0.2) is 0 Å². The van der Waals surface area contributed by atoms with Crippen LogP contribution < -0.4 is 19.5 Å². The molecule has 0 heterocycles. The molecule has 0 aliphatic carbocycles. The average molecular weight is 319 g/mol. The van der Waals surface area contributed by atoms with Gasteiger partial charge in [0.25, 0.3) is 5.91 Å². The number of nitrogens with one attached hydrogen (secondary N) is 1. The quantitative estimate of drug-likeness (QED) is 0.824. The Labute approximate surface area is 131 Å². The largest absolute Gasteiger partial charge is 0.493 e. The summed E-state index contributed by atoms with van der Waals surface area (Å²) in [5.74, 6) is 1.32. The summed E-state index contributed by atoms with van der Waals surface area (Å²) in [6.07, 6.45) is 0. The monoisotopic (exact) mass is 318 g/mol. The molecule has 0 aliphatic heterocycles. The lowest BCUT2D eigenvalue weighted by atomic mass is 10.1. The Bertz CT molecular complexity index is 443. The maximum atomic E-state index is 12.3. The Hall–Kier alpha value is -1.66. The summed E-state index contributed by atoms with van der Waals surface area (Å²) in [7, 11) is 8.17. The SMILES string of the molecule is CNCCN(C)C(=O)c1cc(OC)c(OC)c(OC)c1.Cl. The predicted octanol–water partition coefficient (Wildman–Crippen LogP) is 1.43. The third kappa shape index (κ3) is 4.68. The van der Waals surface area contributed by atoms with Gasteiger partial charge in [-0.15, -0.1) is 12.4 Å². The Balaban J connectivity index is 0.00000400. The molecular weight excluding hydrogens is 296 g/mol. The van der Waals surface area contributed by atoms with Crippen LogP contribution in [0.3, 0.4) is 0 Å². The fourth-order valence-electron chi connectivity index (χ4n) is 1.81. The van der Waals surface area contributed by atoms with E-state index in [-0.39, 0.29) is 18.3 Å². The molecule has 120 valence electrons. The lowest BCUT2D eigenvalue weighted by Crippen LogP contribution is -2.32. The van der Waals surface area contributed by atoms with Gasteiger partial charge in [0.05, 0.1) is 21.3 Å². The molecule has 0 spiro atoms. The molecule has 0 saturated heterocycles. The van der Waals surface area contributed by atoms with E-state index in [2.05, 4.69) is 5.32 Å². The van der Waals surface area contributed by atoms with Crippen molar-refractivity contribution in [2.45, 2.75) is 0 Å². The first-order valence-electron chi connectivity index (χ1n) is 6.29. The number of halogens is 1. The standard InChI is InChI=1S/C14H22N2O4.ClH/c1-15-6-7-16(2)14(17)10-8-11(18-3)13(20-5)12(9-10)19-4;/h8-9,15H,6-7H2,1-5H3;1H. The summed E-state index contributed by atoms with van der Waals surface area (Å²) in [6, 6.07) is 3.30. The number of methoxy groups -OCH3 is 3. The van der Waals surface area contributed by atoms with Gasteiger partial charge in [-0.05, 0) is 19.2 Å². The van der Waals surface area contributed by atoms with E-state index in [0.717, 1.165) is 6.54 Å². The molecule has 0 aromatic heterocycles. The van der Waals surface area contributed by atoms with Crippen LogP contribution in [0, 0.1) is 0 Å². The third-order valence-electron chi connectivity index (χ3n) is 2.96. The maximum Gasteiger partial charge on any atom is 0.253 e. The minimum absolute atomic E-state index is 0. The fraction of sp³-hybridized carbons (Fsp3) is 0.500. The number of amides is 1. The topological polar surface area (TPSA) is 60.0 Å². The summed E-state index contributed by atoms with van der Waals surface area (Å²) < 4.78 is 15.7. The first-order valence-corrected chi connectivity index (χ1v) is 6.29. The zero-order valence-electron chi connectivity index (χ0n) is 13.1. The van der Waals surface area contributed by atoms with Crippen molar-refractivity contribution in [3.05, 3.63) is 17.7 Å². The second kappa shape index (κ2) is 9.31. The minimum Gasteiger partial charge on any atom is -0.493 e. The van der Waals surface area contributed by atoms with Crippen molar-refractivity contribution >= 4 is 18.3 Å². The third-order valence-corrected chi connectivity index (χ3v) is 2.96. The minimum atomic E-state index is -0.0977. The van der Waals surface area contributed by atoms with Crippen LogP contribution in [0.2, 0.25) is 0 Å². The van der Waals surface area contributed by atoms with Crippen LogP contribution in [0.15, 0.2) is 12.1 Å². The number of benzene rings is 1. The van der Waals surface area contributed by atoms with Gasteiger partial charge in [0.15, 0.2) is 11.5 Å². The van der Waals surface area contributed by atoms with Crippen molar-refractivity contribution in [1.82, 2.24) is 10.2 Å². The number of rotatable bonds is 7. The first-order chi connectivity index (χ1) is 9.58. The average Bonchev–Trinajstić information content (AvgIpc) is 2.49. The highest BCUT2D eigenvalue weighted by molar-refractivity contribution is 5.95. The van der Waals surface area contributed by atoms with Crippen LogP contribution in [0.1, 0.15) is 10.4 Å². The molecule has 0 fully saturated rings. The van der Waals surface area contributed by atoms with Crippen LogP contribution in [0.25, 0.3) is 0 Å². The second-order valence-electron chi connectivity index (χ2n) is 4.24. The summed E-state index contributed by atoms with van der Waals surface area (Å²) >= 11 is 0. The van der Waals surface area contributed by atoms with Crippen LogP contribution in [0.5, 0.6) is 17.2 Å². The number of hydrogen-bond donors (Lipinski definition) is 1.